The molecule has 10 nitrogen and oxygen atoms in total. The van der Waals surface area contributed by atoms with Crippen molar-refractivity contribution in [3.63, 3.8) is 0 Å². The van der Waals surface area contributed by atoms with Gasteiger partial charge in [-0.05, 0) is 50.5 Å². The largest absolute Gasteiger partial charge is 0.384 e. The van der Waals surface area contributed by atoms with Crippen molar-refractivity contribution in [1.82, 2.24) is 30.3 Å². The van der Waals surface area contributed by atoms with Crippen LogP contribution >= 0.6 is 11.6 Å². The highest BCUT2D eigenvalue weighted by Crippen LogP contribution is 2.46. The van der Waals surface area contributed by atoms with Crippen molar-refractivity contribution in [2.45, 2.75) is 45.3 Å². The monoisotopic (exact) mass is 483 g/mol. The molecule has 178 valence electrons. The third kappa shape index (κ3) is 5.40. The third-order valence-electron chi connectivity index (χ3n) is 6.09. The Hall–Kier alpha value is -3.37. The van der Waals surface area contributed by atoms with E-state index in [4.69, 9.17) is 11.6 Å². The maximum absolute atomic E-state index is 12.9. The van der Waals surface area contributed by atoms with Crippen LogP contribution in [0.3, 0.4) is 0 Å². The molecule has 1 saturated carbocycles. The van der Waals surface area contributed by atoms with Gasteiger partial charge in [0, 0.05) is 41.6 Å². The first-order valence-corrected chi connectivity index (χ1v) is 11.4. The molecule has 11 heteroatoms. The van der Waals surface area contributed by atoms with Crippen molar-refractivity contribution >= 4 is 29.1 Å². The molecule has 1 unspecified atom stereocenters. The molecule has 2 amide bonds. The fraction of sp³-hybridized carbons (Fsp3) is 0.391. The molecule has 1 fully saturated rings. The lowest BCUT2D eigenvalue weighted by atomic mass is 10.0. The average molecular weight is 484 g/mol. The number of nitrogens with one attached hydrogen (secondary N) is 2. The van der Waals surface area contributed by atoms with Crippen LogP contribution in [0, 0.1) is 5.41 Å². The van der Waals surface area contributed by atoms with Gasteiger partial charge in [0.05, 0.1) is 6.20 Å². The zero-order valence-electron chi connectivity index (χ0n) is 19.0. The van der Waals surface area contributed by atoms with E-state index < -0.39 is 17.4 Å². The predicted octanol–water partition coefficient (Wildman–Crippen LogP) is 2.80. The van der Waals surface area contributed by atoms with Crippen molar-refractivity contribution in [2.75, 3.05) is 11.9 Å². The van der Waals surface area contributed by atoms with Crippen LogP contribution in [0.4, 0.5) is 5.69 Å². The first kappa shape index (κ1) is 23.8. The Morgan fingerprint density at radius 2 is 1.79 bits per heavy atom. The van der Waals surface area contributed by atoms with Crippen LogP contribution in [-0.2, 0) is 12.1 Å². The number of hydrogen-bond acceptors (Lipinski definition) is 7. The summed E-state index contributed by atoms with van der Waals surface area (Å²) in [6, 6.07) is 6.61. The summed E-state index contributed by atoms with van der Waals surface area (Å²) < 4.78 is 1.70. The van der Waals surface area contributed by atoms with Gasteiger partial charge in [-0.15, -0.1) is 5.10 Å². The fourth-order valence-electron chi connectivity index (χ4n) is 3.46. The Bertz CT molecular complexity index is 1190. The highest BCUT2D eigenvalue weighted by Gasteiger charge is 2.44. The molecule has 1 aromatic carbocycles. The van der Waals surface area contributed by atoms with E-state index in [2.05, 4.69) is 30.9 Å². The molecular formula is C23H26ClN7O3. The topological polar surface area (TPSA) is 135 Å². The van der Waals surface area contributed by atoms with Crippen LogP contribution in [0.5, 0.6) is 0 Å². The van der Waals surface area contributed by atoms with E-state index in [0.717, 1.165) is 12.8 Å². The number of hydrogen-bond donors (Lipinski definition) is 3. The number of carbonyl (C=O) groups is 2. The van der Waals surface area contributed by atoms with Crippen LogP contribution in [-0.4, -0.2) is 48.4 Å². The molecule has 0 saturated heterocycles. The molecule has 1 aliphatic rings. The Labute approximate surface area is 201 Å². The van der Waals surface area contributed by atoms with Gasteiger partial charge in [-0.2, -0.15) is 0 Å². The minimum atomic E-state index is -1.03. The minimum absolute atomic E-state index is 0.0493. The fourth-order valence-corrected chi connectivity index (χ4v) is 3.59. The van der Waals surface area contributed by atoms with E-state index >= 15 is 0 Å². The lowest BCUT2D eigenvalue weighted by Crippen LogP contribution is -2.34. The molecule has 2 aromatic heterocycles. The number of rotatable bonds is 9. The lowest BCUT2D eigenvalue weighted by Gasteiger charge is -2.18. The number of aliphatic hydroxyl groups is 1. The van der Waals surface area contributed by atoms with Crippen LogP contribution in [0.1, 0.15) is 59.8 Å². The summed E-state index contributed by atoms with van der Waals surface area (Å²) >= 11 is 5.88. The summed E-state index contributed by atoms with van der Waals surface area (Å²) in [5.74, 6) is -1.02. The van der Waals surface area contributed by atoms with Crippen LogP contribution in [0.2, 0.25) is 5.02 Å². The van der Waals surface area contributed by atoms with E-state index in [1.807, 2.05) is 6.92 Å². The summed E-state index contributed by atoms with van der Waals surface area (Å²) in [5.41, 5.74) is -0.261. The third-order valence-corrected chi connectivity index (χ3v) is 6.34. The molecule has 0 spiro atoms. The molecule has 3 aromatic rings. The molecule has 34 heavy (non-hydrogen) atoms. The number of aromatic nitrogens is 5. The molecule has 0 radical (unpaired) electrons. The van der Waals surface area contributed by atoms with Gasteiger partial charge in [0.1, 0.15) is 11.3 Å². The number of halogens is 1. The summed E-state index contributed by atoms with van der Waals surface area (Å²) in [6.45, 7) is 4.54. The Morgan fingerprint density at radius 3 is 2.41 bits per heavy atom. The van der Waals surface area contributed by atoms with Crippen molar-refractivity contribution < 1.29 is 14.7 Å². The minimum Gasteiger partial charge on any atom is -0.384 e. The molecule has 3 N–H and O–H groups in total. The second-order valence-corrected chi connectivity index (χ2v) is 9.26. The van der Waals surface area contributed by atoms with E-state index in [1.165, 1.54) is 12.4 Å². The maximum atomic E-state index is 12.9. The molecule has 0 aliphatic heterocycles. The first-order valence-electron chi connectivity index (χ1n) is 11.0. The molecule has 0 bridgehead atoms. The molecule has 2 heterocycles. The van der Waals surface area contributed by atoms with Crippen LogP contribution < -0.4 is 10.6 Å². The zero-order valence-corrected chi connectivity index (χ0v) is 19.7. The number of carbonyl (C=O) groups excluding carboxylic acids is 2. The highest BCUT2D eigenvalue weighted by molar-refractivity contribution is 6.30. The van der Waals surface area contributed by atoms with Gasteiger partial charge in [-0.25, -0.2) is 9.97 Å². The van der Waals surface area contributed by atoms with Crippen molar-refractivity contribution in [1.29, 1.82) is 0 Å². The van der Waals surface area contributed by atoms with Crippen molar-refractivity contribution in [3.8, 4) is 0 Å². The van der Waals surface area contributed by atoms with Crippen molar-refractivity contribution in [2.24, 2.45) is 5.41 Å². The Morgan fingerprint density at radius 1 is 1.15 bits per heavy atom. The summed E-state index contributed by atoms with van der Waals surface area (Å²) in [5, 5.41) is 24.7. The van der Waals surface area contributed by atoms with E-state index in [9.17, 15) is 14.7 Å². The second-order valence-electron chi connectivity index (χ2n) is 8.83. The van der Waals surface area contributed by atoms with Crippen LogP contribution in [0.15, 0.2) is 42.9 Å². The number of benzene rings is 1. The van der Waals surface area contributed by atoms with Gasteiger partial charge in [0.15, 0.2) is 11.4 Å². The van der Waals surface area contributed by atoms with Gasteiger partial charge in [0.2, 0.25) is 0 Å². The Balaban J connectivity index is 1.40. The lowest BCUT2D eigenvalue weighted by molar-refractivity contribution is 0.0484. The smallest absolute Gasteiger partial charge is 0.276 e. The zero-order chi connectivity index (χ0) is 24.3. The van der Waals surface area contributed by atoms with Gasteiger partial charge in [0.25, 0.3) is 11.8 Å². The van der Waals surface area contributed by atoms with E-state index in [0.29, 0.717) is 35.9 Å². The van der Waals surface area contributed by atoms with Gasteiger partial charge < -0.3 is 15.7 Å². The van der Waals surface area contributed by atoms with Gasteiger partial charge in [-0.1, -0.05) is 23.7 Å². The molecule has 1 aliphatic carbocycles. The predicted molar refractivity (Wildman–Crippen MR) is 125 cm³/mol. The normalized spacial score (nSPS) is 15.9. The van der Waals surface area contributed by atoms with E-state index in [-0.39, 0.29) is 16.8 Å². The highest BCUT2D eigenvalue weighted by atomic mass is 35.5. The summed E-state index contributed by atoms with van der Waals surface area (Å²) in [7, 11) is 0. The molecule has 1 atom stereocenters. The Kier molecular flexibility index (Phi) is 6.63. The van der Waals surface area contributed by atoms with E-state index in [1.54, 1.807) is 42.1 Å². The van der Waals surface area contributed by atoms with Gasteiger partial charge >= 0.3 is 0 Å². The maximum Gasteiger partial charge on any atom is 0.276 e. The second kappa shape index (κ2) is 9.47. The summed E-state index contributed by atoms with van der Waals surface area (Å²) in [4.78, 5) is 33.8. The number of amides is 2. The van der Waals surface area contributed by atoms with Gasteiger partial charge in [-0.3, -0.25) is 14.3 Å². The van der Waals surface area contributed by atoms with Crippen molar-refractivity contribution in [3.05, 3.63) is 65.0 Å². The average Bonchev–Trinajstić information content (AvgIpc) is 3.43. The van der Waals surface area contributed by atoms with Crippen LogP contribution in [0.25, 0.3) is 0 Å². The first-order chi connectivity index (χ1) is 16.2. The number of anilines is 1. The quantitative estimate of drug-likeness (QED) is 0.426. The SMILES string of the molecule is CCC(C)(O)c1cn(CC2(CNC(=O)c3nccnc3C(=O)Nc3ccc(Cl)cc3)CC2)nn1. The molecular weight excluding hydrogens is 458 g/mol. The number of nitrogens with zero attached hydrogens (tertiary/aromatic N) is 5. The standard InChI is InChI=1S/C23H26ClN7O3/c1-3-22(2,34)17-12-31(30-29-17)14-23(8-9-23)13-27-20(32)18-19(26-11-10-25-18)21(33)28-16-6-4-15(24)5-7-16/h4-7,10-12,34H,3,8-9,13-14H2,1-2H3,(H,27,32)(H,28,33). The summed E-state index contributed by atoms with van der Waals surface area (Å²) in [6.07, 6.45) is 6.83. The molecule has 4 rings (SSSR count).